The molecule has 11 heteroatoms. The fraction of sp³-hybridized carbons (Fsp3) is 0.414. The van der Waals surface area contributed by atoms with Gasteiger partial charge in [-0.2, -0.15) is 0 Å². The SMILES string of the molecule is CCOc1ccc(NS(=O)(=O)c2ccc(OCC)c(-c3nn4c(C5CCCCCC5)nc(C)c4c(=O)[nH]3)c2)cc1. The summed E-state index contributed by atoms with van der Waals surface area (Å²) in [6, 6.07) is 11.2. The van der Waals surface area contributed by atoms with Gasteiger partial charge in [0.15, 0.2) is 11.3 Å². The van der Waals surface area contributed by atoms with Crippen LogP contribution in [0.25, 0.3) is 16.9 Å². The van der Waals surface area contributed by atoms with Crippen LogP contribution in [0.15, 0.2) is 52.2 Å². The third-order valence-corrected chi connectivity index (χ3v) is 8.53. The lowest BCUT2D eigenvalue weighted by atomic mass is 10.00. The molecular formula is C29H35N5O5S. The Kier molecular flexibility index (Phi) is 8.11. The summed E-state index contributed by atoms with van der Waals surface area (Å²) in [6.07, 6.45) is 6.62. The highest BCUT2D eigenvalue weighted by Gasteiger charge is 2.25. The predicted molar refractivity (Wildman–Crippen MR) is 154 cm³/mol. The van der Waals surface area contributed by atoms with Crippen molar-refractivity contribution in [2.75, 3.05) is 17.9 Å². The lowest BCUT2D eigenvalue weighted by Crippen LogP contribution is -2.17. The highest BCUT2D eigenvalue weighted by molar-refractivity contribution is 7.92. The molecule has 0 atom stereocenters. The monoisotopic (exact) mass is 565 g/mol. The number of aromatic amines is 1. The van der Waals surface area contributed by atoms with E-state index >= 15 is 0 Å². The van der Waals surface area contributed by atoms with Crippen LogP contribution in [0, 0.1) is 6.92 Å². The molecule has 1 aliphatic rings. The predicted octanol–water partition coefficient (Wildman–Crippen LogP) is 5.43. The van der Waals surface area contributed by atoms with Gasteiger partial charge in [-0.05, 0) is 76.1 Å². The second-order valence-corrected chi connectivity index (χ2v) is 11.6. The van der Waals surface area contributed by atoms with E-state index in [0.29, 0.717) is 47.2 Å². The Morgan fingerprint density at radius 1 is 1.00 bits per heavy atom. The largest absolute Gasteiger partial charge is 0.494 e. The molecule has 40 heavy (non-hydrogen) atoms. The zero-order valence-electron chi connectivity index (χ0n) is 23.1. The molecule has 0 spiro atoms. The molecule has 1 saturated carbocycles. The first-order valence-corrected chi connectivity index (χ1v) is 15.3. The Morgan fingerprint density at radius 3 is 2.38 bits per heavy atom. The van der Waals surface area contributed by atoms with E-state index in [0.717, 1.165) is 31.5 Å². The van der Waals surface area contributed by atoms with Crippen LogP contribution in [0.4, 0.5) is 5.69 Å². The molecule has 1 fully saturated rings. The fourth-order valence-corrected chi connectivity index (χ4v) is 6.34. The fourth-order valence-electron chi connectivity index (χ4n) is 5.26. The van der Waals surface area contributed by atoms with Crippen molar-refractivity contribution in [2.45, 2.75) is 70.1 Å². The summed E-state index contributed by atoms with van der Waals surface area (Å²) in [5.41, 5.74) is 1.46. The summed E-state index contributed by atoms with van der Waals surface area (Å²) in [4.78, 5) is 20.9. The average molecular weight is 566 g/mol. The summed E-state index contributed by atoms with van der Waals surface area (Å²) >= 11 is 0. The van der Waals surface area contributed by atoms with Crippen LogP contribution in [0.5, 0.6) is 11.5 Å². The molecule has 5 rings (SSSR count). The number of imidazole rings is 1. The molecule has 2 aromatic carbocycles. The molecule has 2 aromatic heterocycles. The van der Waals surface area contributed by atoms with Crippen molar-refractivity contribution in [1.29, 1.82) is 0 Å². The molecular weight excluding hydrogens is 530 g/mol. The van der Waals surface area contributed by atoms with Crippen molar-refractivity contribution in [3.8, 4) is 22.9 Å². The number of rotatable bonds is 9. The first kappa shape index (κ1) is 27.7. The minimum absolute atomic E-state index is 0.00777. The number of H-pyrrole nitrogens is 1. The van der Waals surface area contributed by atoms with Crippen molar-refractivity contribution >= 4 is 21.2 Å². The van der Waals surface area contributed by atoms with E-state index in [1.165, 1.54) is 25.0 Å². The number of benzene rings is 2. The molecule has 2 heterocycles. The number of hydrogen-bond acceptors (Lipinski definition) is 7. The van der Waals surface area contributed by atoms with Crippen molar-refractivity contribution in [3.63, 3.8) is 0 Å². The van der Waals surface area contributed by atoms with Crippen LogP contribution >= 0.6 is 0 Å². The molecule has 2 N–H and O–H groups in total. The Balaban J connectivity index is 1.57. The number of anilines is 1. The molecule has 212 valence electrons. The highest BCUT2D eigenvalue weighted by Crippen LogP contribution is 2.34. The van der Waals surface area contributed by atoms with E-state index in [-0.39, 0.29) is 22.2 Å². The number of hydrogen-bond donors (Lipinski definition) is 2. The van der Waals surface area contributed by atoms with Gasteiger partial charge in [0.05, 0.1) is 29.4 Å². The zero-order chi connectivity index (χ0) is 28.3. The van der Waals surface area contributed by atoms with Crippen molar-refractivity contribution in [2.24, 2.45) is 0 Å². The minimum Gasteiger partial charge on any atom is -0.494 e. The van der Waals surface area contributed by atoms with Crippen LogP contribution < -0.4 is 19.8 Å². The Hall–Kier alpha value is -3.86. The van der Waals surface area contributed by atoms with Crippen molar-refractivity contribution < 1.29 is 17.9 Å². The smallest absolute Gasteiger partial charge is 0.277 e. The maximum absolute atomic E-state index is 13.4. The van der Waals surface area contributed by atoms with Gasteiger partial charge < -0.3 is 14.5 Å². The van der Waals surface area contributed by atoms with Gasteiger partial charge in [-0.3, -0.25) is 9.52 Å². The number of nitrogens with zero attached hydrogens (tertiary/aromatic N) is 3. The summed E-state index contributed by atoms with van der Waals surface area (Å²) in [7, 11) is -3.96. The molecule has 0 saturated heterocycles. The van der Waals surface area contributed by atoms with Gasteiger partial charge in [-0.25, -0.2) is 17.9 Å². The number of fused-ring (bicyclic) bond motifs is 1. The van der Waals surface area contributed by atoms with E-state index in [1.54, 1.807) is 34.8 Å². The van der Waals surface area contributed by atoms with Gasteiger partial charge >= 0.3 is 0 Å². The van der Waals surface area contributed by atoms with Crippen LogP contribution in [0.2, 0.25) is 0 Å². The van der Waals surface area contributed by atoms with Crippen molar-refractivity contribution in [1.82, 2.24) is 19.6 Å². The Morgan fingerprint density at radius 2 is 1.70 bits per heavy atom. The van der Waals surface area contributed by atoms with E-state index in [9.17, 15) is 13.2 Å². The average Bonchev–Trinajstić information content (AvgIpc) is 3.09. The van der Waals surface area contributed by atoms with Crippen LogP contribution in [-0.4, -0.2) is 41.2 Å². The second kappa shape index (κ2) is 11.7. The number of aryl methyl sites for hydroxylation is 1. The number of ether oxygens (including phenoxy) is 2. The lowest BCUT2D eigenvalue weighted by molar-refractivity contribution is 0.340. The first-order valence-electron chi connectivity index (χ1n) is 13.8. The molecule has 0 amide bonds. The number of sulfonamides is 1. The van der Waals surface area contributed by atoms with Crippen molar-refractivity contribution in [3.05, 3.63) is 64.3 Å². The van der Waals surface area contributed by atoms with Gasteiger partial charge in [0.25, 0.3) is 15.6 Å². The van der Waals surface area contributed by atoms with Gasteiger partial charge in [0.1, 0.15) is 17.3 Å². The molecule has 0 radical (unpaired) electrons. The lowest BCUT2D eigenvalue weighted by Gasteiger charge is -2.15. The third kappa shape index (κ3) is 5.70. The van der Waals surface area contributed by atoms with E-state index in [2.05, 4.69) is 9.71 Å². The van der Waals surface area contributed by atoms with Crippen LogP contribution in [0.1, 0.15) is 69.8 Å². The third-order valence-electron chi connectivity index (χ3n) is 7.15. The summed E-state index contributed by atoms with van der Waals surface area (Å²) in [5.74, 6) is 2.27. The molecule has 0 aliphatic heterocycles. The van der Waals surface area contributed by atoms with Gasteiger partial charge in [-0.15, -0.1) is 5.10 Å². The molecule has 0 unspecified atom stereocenters. The van der Waals surface area contributed by atoms with E-state index in [4.69, 9.17) is 19.6 Å². The van der Waals surface area contributed by atoms with E-state index in [1.807, 2.05) is 20.8 Å². The molecule has 10 nitrogen and oxygen atoms in total. The number of aromatic nitrogens is 4. The molecule has 1 aliphatic carbocycles. The number of nitrogens with one attached hydrogen (secondary N) is 2. The second-order valence-electron chi connectivity index (χ2n) is 9.96. The highest BCUT2D eigenvalue weighted by atomic mass is 32.2. The van der Waals surface area contributed by atoms with Gasteiger partial charge in [0, 0.05) is 11.6 Å². The summed E-state index contributed by atoms with van der Waals surface area (Å²) in [5, 5.41) is 4.80. The maximum atomic E-state index is 13.4. The summed E-state index contributed by atoms with van der Waals surface area (Å²) < 4.78 is 42.2. The first-order chi connectivity index (χ1) is 19.3. The zero-order valence-corrected chi connectivity index (χ0v) is 23.9. The molecule has 4 aromatic rings. The standard InChI is InChI=1S/C29H35N5O5S/c1-4-38-22-14-12-21(13-15-22)33-40(36,37)23-16-17-25(39-5-2)24(18-23)27-31-29(35)26-19(3)30-28(34(26)32-27)20-10-8-6-7-9-11-20/h12-18,20,33H,4-11H2,1-3H3,(H,31,32,35). The normalized spacial score (nSPS) is 14.7. The van der Waals surface area contributed by atoms with Gasteiger partial charge in [-0.1, -0.05) is 25.7 Å². The van der Waals surface area contributed by atoms with Crippen LogP contribution in [0.3, 0.4) is 0 Å². The van der Waals surface area contributed by atoms with E-state index < -0.39 is 10.0 Å². The Bertz CT molecular complexity index is 1650. The van der Waals surface area contributed by atoms with Crippen LogP contribution in [-0.2, 0) is 10.0 Å². The topological polar surface area (TPSA) is 128 Å². The summed E-state index contributed by atoms with van der Waals surface area (Å²) in [6.45, 7) is 6.41. The maximum Gasteiger partial charge on any atom is 0.277 e. The van der Waals surface area contributed by atoms with Gasteiger partial charge in [0.2, 0.25) is 0 Å². The Labute approximate surface area is 233 Å². The minimum atomic E-state index is -3.96. The molecule has 0 bridgehead atoms. The quantitative estimate of drug-likeness (QED) is 0.259.